The van der Waals surface area contributed by atoms with Crippen LogP contribution in [0.2, 0.25) is 0 Å². The fraction of sp³-hybridized carbons (Fsp3) is 0.514. The molecule has 0 bridgehead atoms. The summed E-state index contributed by atoms with van der Waals surface area (Å²) in [4.78, 5) is 45.6. The van der Waals surface area contributed by atoms with E-state index in [4.69, 9.17) is 19.4 Å². The standard InChI is InChI=1S/C35H42N8O4/c1-23-7-4-8-24-9-5-11-29(31(23)24)40-16-13-27-28(20-40)37-34(47-22-26-10-6-15-39(26)2)38-32(27)41-17-18-42(25(19-41)12-14-36)35(45)43-21-30(43)33(44)46-3/h4-5,7-9,11,25-26,30H,6,10,12-13,15-22H2,1-3H3/t25-,26-,30?,43?/m0/s1. The fourth-order valence-electron chi connectivity index (χ4n) is 7.48. The number of benzene rings is 2. The van der Waals surface area contributed by atoms with Crippen molar-refractivity contribution in [3.63, 3.8) is 0 Å². The Hall–Kier alpha value is -4.63. The summed E-state index contributed by atoms with van der Waals surface area (Å²) in [5.41, 5.74) is 4.48. The molecule has 0 saturated carbocycles. The number of esters is 1. The molecule has 2 amide bonds. The maximum atomic E-state index is 13.4. The highest BCUT2D eigenvalue weighted by Gasteiger charge is 2.48. The van der Waals surface area contributed by atoms with Gasteiger partial charge in [-0.15, -0.1) is 0 Å². The normalized spacial score (nSPS) is 22.6. The number of nitriles is 1. The number of fused-ring (bicyclic) bond motifs is 2. The Balaban J connectivity index is 1.18. The van der Waals surface area contributed by atoms with Crippen LogP contribution in [0.5, 0.6) is 6.01 Å². The molecule has 2 aromatic carbocycles. The zero-order valence-corrected chi connectivity index (χ0v) is 27.4. The molecule has 0 spiro atoms. The smallest absolute Gasteiger partial charge is 0.330 e. The molecule has 3 saturated heterocycles. The second-order valence-electron chi connectivity index (χ2n) is 13.1. The Morgan fingerprint density at radius 2 is 1.83 bits per heavy atom. The Labute approximate surface area is 275 Å². The molecule has 4 aliphatic heterocycles. The summed E-state index contributed by atoms with van der Waals surface area (Å²) in [6.07, 6.45) is 3.18. The van der Waals surface area contributed by atoms with Crippen LogP contribution in [0.15, 0.2) is 36.4 Å². The summed E-state index contributed by atoms with van der Waals surface area (Å²) in [5.74, 6) is 0.415. The van der Waals surface area contributed by atoms with Crippen molar-refractivity contribution in [3.8, 4) is 12.1 Å². The topological polar surface area (TPSA) is 118 Å². The lowest BCUT2D eigenvalue weighted by Gasteiger charge is -2.42. The Kier molecular flexibility index (Phi) is 8.49. The second-order valence-corrected chi connectivity index (χ2v) is 13.1. The molecule has 3 atom stereocenters. The van der Waals surface area contributed by atoms with E-state index in [1.54, 1.807) is 4.90 Å². The van der Waals surface area contributed by atoms with Crippen molar-refractivity contribution >= 4 is 34.3 Å². The highest BCUT2D eigenvalue weighted by Crippen LogP contribution is 2.36. The van der Waals surface area contributed by atoms with Crippen LogP contribution in [0, 0.1) is 18.3 Å². The summed E-state index contributed by atoms with van der Waals surface area (Å²) < 4.78 is 11.2. The van der Waals surface area contributed by atoms with Crippen molar-refractivity contribution in [2.75, 3.05) is 69.8 Å². The van der Waals surface area contributed by atoms with Gasteiger partial charge in [-0.2, -0.15) is 15.2 Å². The average Bonchev–Trinajstić information content (AvgIpc) is 3.79. The zero-order chi connectivity index (χ0) is 32.7. The van der Waals surface area contributed by atoms with Crippen LogP contribution in [0.3, 0.4) is 0 Å². The number of aromatic nitrogens is 2. The van der Waals surface area contributed by atoms with Gasteiger partial charge < -0.3 is 34.0 Å². The van der Waals surface area contributed by atoms with Crippen LogP contribution in [0.25, 0.3) is 10.8 Å². The van der Waals surface area contributed by atoms with E-state index in [0.717, 1.165) is 49.4 Å². The largest absolute Gasteiger partial charge is 0.467 e. The first kappa shape index (κ1) is 31.0. The van der Waals surface area contributed by atoms with Gasteiger partial charge in [-0.3, -0.25) is 0 Å². The predicted octanol–water partition coefficient (Wildman–Crippen LogP) is 3.36. The number of likely N-dealkylation sites (N-methyl/N-ethyl adjacent to an activating group) is 1. The van der Waals surface area contributed by atoms with E-state index in [9.17, 15) is 14.9 Å². The first-order valence-electron chi connectivity index (χ1n) is 16.6. The van der Waals surface area contributed by atoms with E-state index >= 15 is 0 Å². The van der Waals surface area contributed by atoms with E-state index in [2.05, 4.69) is 71.1 Å². The Bertz CT molecular complexity index is 1720. The molecule has 0 N–H and O–H groups in total. The summed E-state index contributed by atoms with van der Waals surface area (Å²) in [5, 5.41) is 12.2. The molecule has 3 aromatic rings. The van der Waals surface area contributed by atoms with Crippen LogP contribution in [-0.2, 0) is 22.5 Å². The van der Waals surface area contributed by atoms with Crippen LogP contribution < -0.4 is 14.5 Å². The number of hydrogen-bond acceptors (Lipinski definition) is 10. The number of urea groups is 1. The molecule has 5 heterocycles. The third-order valence-corrected chi connectivity index (χ3v) is 10.2. The molecule has 3 fully saturated rings. The molecular formula is C35H42N8O4. The number of anilines is 2. The quantitative estimate of drug-likeness (QED) is 0.282. The molecular weight excluding hydrogens is 596 g/mol. The fourth-order valence-corrected chi connectivity index (χ4v) is 7.48. The Morgan fingerprint density at radius 3 is 2.60 bits per heavy atom. The van der Waals surface area contributed by atoms with E-state index in [1.807, 2.05) is 0 Å². The van der Waals surface area contributed by atoms with Crippen molar-refractivity contribution in [2.45, 2.75) is 57.3 Å². The first-order chi connectivity index (χ1) is 22.9. The summed E-state index contributed by atoms with van der Waals surface area (Å²) in [7, 11) is 3.46. The number of aryl methyl sites for hydroxylation is 1. The number of amides is 2. The van der Waals surface area contributed by atoms with E-state index in [1.165, 1.54) is 34.0 Å². The van der Waals surface area contributed by atoms with Gasteiger partial charge in [0.05, 0.1) is 44.4 Å². The minimum absolute atomic E-state index is 0.178. The molecule has 12 heteroatoms. The lowest BCUT2D eigenvalue weighted by molar-refractivity contribution is -0.140. The number of carbonyl (C=O) groups excluding carboxylic acids is 2. The van der Waals surface area contributed by atoms with Gasteiger partial charge in [0.25, 0.3) is 0 Å². The van der Waals surface area contributed by atoms with Crippen molar-refractivity contribution < 1.29 is 19.1 Å². The number of hydrogen-bond donors (Lipinski definition) is 0. The number of ether oxygens (including phenoxy) is 2. The van der Waals surface area contributed by atoms with Gasteiger partial charge in [0.15, 0.2) is 0 Å². The molecule has 1 aromatic heterocycles. The molecule has 1 unspecified atom stereocenters. The second kappa shape index (κ2) is 12.9. The molecule has 246 valence electrons. The van der Waals surface area contributed by atoms with Gasteiger partial charge in [0.2, 0.25) is 0 Å². The van der Waals surface area contributed by atoms with E-state index < -0.39 is 12.0 Å². The van der Waals surface area contributed by atoms with Crippen LogP contribution in [0.4, 0.5) is 16.3 Å². The molecule has 12 nitrogen and oxygen atoms in total. The number of piperazine rings is 1. The zero-order valence-electron chi connectivity index (χ0n) is 27.4. The number of likely N-dealkylation sites (tertiary alicyclic amines) is 1. The molecule has 7 rings (SSSR count). The van der Waals surface area contributed by atoms with Crippen LogP contribution in [-0.4, -0.2) is 115 Å². The van der Waals surface area contributed by atoms with E-state index in [-0.39, 0.29) is 18.5 Å². The maximum Gasteiger partial charge on any atom is 0.330 e. The van der Waals surface area contributed by atoms with Gasteiger partial charge in [-0.1, -0.05) is 30.3 Å². The highest BCUT2D eigenvalue weighted by atomic mass is 16.5. The van der Waals surface area contributed by atoms with Gasteiger partial charge >= 0.3 is 18.0 Å². The lowest BCUT2D eigenvalue weighted by atomic mass is 9.99. The molecule has 47 heavy (non-hydrogen) atoms. The number of rotatable bonds is 7. The number of methoxy groups -OCH3 is 1. The van der Waals surface area contributed by atoms with Crippen molar-refractivity contribution in [1.82, 2.24) is 24.7 Å². The van der Waals surface area contributed by atoms with Crippen molar-refractivity contribution in [3.05, 3.63) is 53.2 Å². The minimum atomic E-state index is -0.547. The third-order valence-electron chi connectivity index (χ3n) is 10.2. The Morgan fingerprint density at radius 1 is 1.00 bits per heavy atom. The average molecular weight is 639 g/mol. The lowest BCUT2D eigenvalue weighted by Crippen LogP contribution is -2.57. The molecule has 4 aliphatic rings. The molecule has 0 aliphatic carbocycles. The monoisotopic (exact) mass is 638 g/mol. The highest BCUT2D eigenvalue weighted by molar-refractivity contribution is 5.97. The van der Waals surface area contributed by atoms with Crippen LogP contribution >= 0.6 is 0 Å². The summed E-state index contributed by atoms with van der Waals surface area (Å²) in [6.45, 7) is 6.94. The van der Waals surface area contributed by atoms with Gasteiger partial charge in [0.1, 0.15) is 18.5 Å². The number of nitrogens with zero attached hydrogens (tertiary/aromatic N) is 8. The van der Waals surface area contributed by atoms with Gasteiger partial charge in [-0.25, -0.2) is 9.59 Å². The van der Waals surface area contributed by atoms with E-state index in [0.29, 0.717) is 51.4 Å². The van der Waals surface area contributed by atoms with Crippen LogP contribution in [0.1, 0.15) is 36.1 Å². The SMILES string of the molecule is COC(=O)C1CN1C(=O)N1CCN(c2nc(OC[C@@H]3CCCN3C)nc3c2CCN(c2cccc4cccc(C)c24)C3)C[C@@H]1CC#N. The van der Waals surface area contributed by atoms with Crippen molar-refractivity contribution in [1.29, 1.82) is 5.26 Å². The summed E-state index contributed by atoms with van der Waals surface area (Å²) >= 11 is 0. The molecule has 0 radical (unpaired) electrons. The first-order valence-corrected chi connectivity index (χ1v) is 16.6. The minimum Gasteiger partial charge on any atom is -0.467 e. The third kappa shape index (κ3) is 6.00. The maximum absolute atomic E-state index is 13.4. The van der Waals surface area contributed by atoms with Crippen molar-refractivity contribution in [2.24, 2.45) is 0 Å². The van der Waals surface area contributed by atoms with Gasteiger partial charge in [0, 0.05) is 48.9 Å². The van der Waals surface area contributed by atoms with Gasteiger partial charge in [-0.05, 0) is 56.8 Å². The number of carbonyl (C=O) groups is 2. The predicted molar refractivity (Wildman–Crippen MR) is 177 cm³/mol. The summed E-state index contributed by atoms with van der Waals surface area (Å²) in [6, 6.07) is 14.7.